The predicted octanol–water partition coefficient (Wildman–Crippen LogP) is 3.56. The van der Waals surface area contributed by atoms with Crippen LogP contribution in [0.25, 0.3) is 16.7 Å². The van der Waals surface area contributed by atoms with Crippen molar-refractivity contribution in [3.05, 3.63) is 61.1 Å². The third kappa shape index (κ3) is 4.20. The van der Waals surface area contributed by atoms with Crippen molar-refractivity contribution in [2.75, 3.05) is 25.3 Å². The second-order valence-corrected chi connectivity index (χ2v) is 7.21. The van der Waals surface area contributed by atoms with Crippen molar-refractivity contribution in [2.24, 2.45) is 0 Å². The molecular formula is C21H19N5O3S. The fraction of sp³-hybridized carbons (Fsp3) is 0.143. The standard InChI is InChI=1S/C21H19N5O3S/c1-28-16-8-14(9-17(10-16)29-2)25-19(27)12-30-21-18-11-24-26(20(18)22-13-23-21)15-6-4-3-5-7-15/h3-11,13H,12H2,1-2H3,(H,25,27). The van der Waals surface area contributed by atoms with Gasteiger partial charge in [0.05, 0.1) is 37.2 Å². The van der Waals surface area contributed by atoms with E-state index in [4.69, 9.17) is 9.47 Å². The van der Waals surface area contributed by atoms with Crippen LogP contribution >= 0.6 is 11.8 Å². The third-order valence-corrected chi connectivity index (χ3v) is 5.31. The van der Waals surface area contributed by atoms with Crippen LogP contribution in [0.3, 0.4) is 0 Å². The minimum absolute atomic E-state index is 0.169. The molecule has 0 radical (unpaired) electrons. The number of thioether (sulfide) groups is 1. The SMILES string of the molecule is COc1cc(NC(=O)CSc2ncnc3c2cnn3-c2ccccc2)cc(OC)c1. The number of aromatic nitrogens is 4. The summed E-state index contributed by atoms with van der Waals surface area (Å²) in [4.78, 5) is 21.2. The van der Waals surface area contributed by atoms with Crippen LogP contribution in [-0.4, -0.2) is 45.6 Å². The zero-order chi connectivity index (χ0) is 20.9. The van der Waals surface area contributed by atoms with Crippen LogP contribution in [0.2, 0.25) is 0 Å². The molecule has 152 valence electrons. The second-order valence-electron chi connectivity index (χ2n) is 6.25. The molecule has 0 spiro atoms. The summed E-state index contributed by atoms with van der Waals surface area (Å²) in [5.41, 5.74) is 2.20. The van der Waals surface area contributed by atoms with Gasteiger partial charge in [-0.05, 0) is 12.1 Å². The first-order valence-corrected chi connectivity index (χ1v) is 10.1. The molecule has 0 fully saturated rings. The molecule has 4 aromatic rings. The number of carbonyl (C=O) groups is 1. The van der Waals surface area contributed by atoms with Crippen LogP contribution in [0, 0.1) is 0 Å². The topological polar surface area (TPSA) is 91.2 Å². The summed E-state index contributed by atoms with van der Waals surface area (Å²) >= 11 is 1.33. The first kappa shape index (κ1) is 19.7. The number of amides is 1. The van der Waals surface area contributed by atoms with E-state index in [-0.39, 0.29) is 11.7 Å². The van der Waals surface area contributed by atoms with E-state index < -0.39 is 0 Å². The molecule has 2 aromatic heterocycles. The lowest BCUT2D eigenvalue weighted by atomic mass is 10.2. The summed E-state index contributed by atoms with van der Waals surface area (Å²) in [7, 11) is 3.12. The number of benzene rings is 2. The smallest absolute Gasteiger partial charge is 0.234 e. The molecule has 2 heterocycles. The molecule has 30 heavy (non-hydrogen) atoms. The van der Waals surface area contributed by atoms with E-state index in [2.05, 4.69) is 20.4 Å². The maximum absolute atomic E-state index is 12.5. The van der Waals surface area contributed by atoms with Gasteiger partial charge in [0.15, 0.2) is 5.65 Å². The number of nitrogens with zero attached hydrogens (tertiary/aromatic N) is 4. The van der Waals surface area contributed by atoms with Crippen molar-refractivity contribution in [1.29, 1.82) is 0 Å². The number of methoxy groups -OCH3 is 2. The Bertz CT molecular complexity index is 1160. The Balaban J connectivity index is 1.49. The molecule has 4 rings (SSSR count). The molecule has 0 saturated carbocycles. The summed E-state index contributed by atoms with van der Waals surface area (Å²) in [5, 5.41) is 8.78. The summed E-state index contributed by atoms with van der Waals surface area (Å²) in [6.45, 7) is 0. The number of anilines is 1. The van der Waals surface area contributed by atoms with E-state index in [9.17, 15) is 4.79 Å². The monoisotopic (exact) mass is 421 g/mol. The fourth-order valence-corrected chi connectivity index (χ4v) is 3.67. The molecule has 0 bridgehead atoms. The lowest BCUT2D eigenvalue weighted by Gasteiger charge is -2.10. The Hall–Kier alpha value is -3.59. The lowest BCUT2D eigenvalue weighted by Crippen LogP contribution is -2.14. The number of carbonyl (C=O) groups excluding carboxylic acids is 1. The fourth-order valence-electron chi connectivity index (χ4n) is 2.91. The minimum Gasteiger partial charge on any atom is -0.497 e. The molecule has 0 aliphatic rings. The first-order chi connectivity index (χ1) is 14.7. The zero-order valence-electron chi connectivity index (χ0n) is 16.4. The molecule has 1 amide bonds. The molecule has 1 N–H and O–H groups in total. The quantitative estimate of drug-likeness (QED) is 0.360. The molecule has 0 aliphatic heterocycles. The Labute approximate surface area is 177 Å². The van der Waals surface area contributed by atoms with E-state index in [0.29, 0.717) is 27.9 Å². The third-order valence-electron chi connectivity index (χ3n) is 4.31. The van der Waals surface area contributed by atoms with Crippen molar-refractivity contribution in [3.8, 4) is 17.2 Å². The molecule has 0 atom stereocenters. The second kappa shape index (κ2) is 8.83. The predicted molar refractivity (Wildman–Crippen MR) is 116 cm³/mol. The number of para-hydroxylation sites is 1. The number of ether oxygens (including phenoxy) is 2. The van der Waals surface area contributed by atoms with E-state index in [0.717, 1.165) is 11.1 Å². The van der Waals surface area contributed by atoms with Crippen molar-refractivity contribution in [1.82, 2.24) is 19.7 Å². The number of nitrogens with one attached hydrogen (secondary N) is 1. The summed E-state index contributed by atoms with van der Waals surface area (Å²) in [6, 6.07) is 15.0. The normalized spacial score (nSPS) is 10.7. The van der Waals surface area contributed by atoms with Crippen LogP contribution in [0.4, 0.5) is 5.69 Å². The van der Waals surface area contributed by atoms with Crippen molar-refractivity contribution < 1.29 is 14.3 Å². The molecule has 9 heteroatoms. The van der Waals surface area contributed by atoms with Gasteiger partial charge in [-0.2, -0.15) is 5.10 Å². The maximum atomic E-state index is 12.5. The van der Waals surface area contributed by atoms with Crippen LogP contribution in [0.1, 0.15) is 0 Å². The van der Waals surface area contributed by atoms with Crippen LogP contribution in [0.5, 0.6) is 11.5 Å². The highest BCUT2D eigenvalue weighted by atomic mass is 32.2. The van der Waals surface area contributed by atoms with Crippen molar-refractivity contribution >= 4 is 34.4 Å². The Morgan fingerprint density at radius 3 is 2.50 bits per heavy atom. The van der Waals surface area contributed by atoms with Crippen molar-refractivity contribution in [3.63, 3.8) is 0 Å². The summed E-state index contributed by atoms with van der Waals surface area (Å²) < 4.78 is 12.2. The summed E-state index contributed by atoms with van der Waals surface area (Å²) in [5.74, 6) is 1.21. The number of fused-ring (bicyclic) bond motifs is 1. The molecule has 0 unspecified atom stereocenters. The average Bonchev–Trinajstić information content (AvgIpc) is 3.22. The van der Waals surface area contributed by atoms with E-state index in [1.807, 2.05) is 30.3 Å². The van der Waals surface area contributed by atoms with Gasteiger partial charge in [0.2, 0.25) is 5.91 Å². The molecule has 0 saturated heterocycles. The molecule has 8 nitrogen and oxygen atoms in total. The van der Waals surface area contributed by atoms with Gasteiger partial charge in [0.1, 0.15) is 22.9 Å². The van der Waals surface area contributed by atoms with Gasteiger partial charge in [-0.15, -0.1) is 0 Å². The van der Waals surface area contributed by atoms with Gasteiger partial charge in [0.25, 0.3) is 0 Å². The van der Waals surface area contributed by atoms with E-state index >= 15 is 0 Å². The summed E-state index contributed by atoms with van der Waals surface area (Å²) in [6.07, 6.45) is 3.20. The van der Waals surface area contributed by atoms with Crippen molar-refractivity contribution in [2.45, 2.75) is 5.03 Å². The highest BCUT2D eigenvalue weighted by molar-refractivity contribution is 8.00. The number of rotatable bonds is 7. The van der Waals surface area contributed by atoms with E-state index in [1.165, 1.54) is 18.1 Å². The molecule has 0 aliphatic carbocycles. The molecule has 2 aromatic carbocycles. The Morgan fingerprint density at radius 2 is 1.80 bits per heavy atom. The highest BCUT2D eigenvalue weighted by Gasteiger charge is 2.13. The largest absolute Gasteiger partial charge is 0.497 e. The maximum Gasteiger partial charge on any atom is 0.234 e. The van der Waals surface area contributed by atoms with Gasteiger partial charge in [-0.1, -0.05) is 30.0 Å². The van der Waals surface area contributed by atoms with Gasteiger partial charge in [-0.3, -0.25) is 4.79 Å². The van der Waals surface area contributed by atoms with Crippen LogP contribution in [-0.2, 0) is 4.79 Å². The number of hydrogen-bond donors (Lipinski definition) is 1. The molecular weight excluding hydrogens is 402 g/mol. The van der Waals surface area contributed by atoms with Gasteiger partial charge in [0, 0.05) is 23.9 Å². The van der Waals surface area contributed by atoms with Crippen LogP contribution < -0.4 is 14.8 Å². The number of hydrogen-bond acceptors (Lipinski definition) is 7. The van der Waals surface area contributed by atoms with Gasteiger partial charge >= 0.3 is 0 Å². The van der Waals surface area contributed by atoms with Gasteiger partial charge < -0.3 is 14.8 Å². The van der Waals surface area contributed by atoms with Gasteiger partial charge in [-0.25, -0.2) is 14.6 Å². The lowest BCUT2D eigenvalue weighted by molar-refractivity contribution is -0.113. The van der Waals surface area contributed by atoms with E-state index in [1.54, 1.807) is 43.3 Å². The highest BCUT2D eigenvalue weighted by Crippen LogP contribution is 2.28. The minimum atomic E-state index is -0.169. The van der Waals surface area contributed by atoms with Crippen LogP contribution in [0.15, 0.2) is 66.1 Å². The Kier molecular flexibility index (Phi) is 5.80. The zero-order valence-corrected chi connectivity index (χ0v) is 17.2. The Morgan fingerprint density at radius 1 is 1.07 bits per heavy atom. The first-order valence-electron chi connectivity index (χ1n) is 9.08. The average molecular weight is 421 g/mol.